The highest BCUT2D eigenvalue weighted by Gasteiger charge is 2.26. The summed E-state index contributed by atoms with van der Waals surface area (Å²) in [5, 5.41) is 13.1. The van der Waals surface area contributed by atoms with E-state index in [0.29, 0.717) is 16.5 Å². The SMILES string of the molecule is CNC(=O)NC(=O)[C@@H](Sc1nnc(-c2ccccc2)c(-c2ccccc2)n1)c1ccccc1. The lowest BCUT2D eigenvalue weighted by Crippen LogP contribution is -2.39. The van der Waals surface area contributed by atoms with Gasteiger partial charge in [0.25, 0.3) is 0 Å². The number of carbonyl (C=O) groups is 2. The highest BCUT2D eigenvalue weighted by Crippen LogP contribution is 2.36. The zero-order valence-corrected chi connectivity index (χ0v) is 18.6. The van der Waals surface area contributed by atoms with Crippen molar-refractivity contribution in [2.45, 2.75) is 10.4 Å². The predicted octanol–water partition coefficient (Wildman–Crippen LogP) is 4.49. The molecule has 0 unspecified atom stereocenters. The van der Waals surface area contributed by atoms with Crippen LogP contribution in [0.5, 0.6) is 0 Å². The van der Waals surface area contributed by atoms with Crippen molar-refractivity contribution in [2.75, 3.05) is 7.05 Å². The topological polar surface area (TPSA) is 96.9 Å². The molecule has 7 nitrogen and oxygen atoms in total. The van der Waals surface area contributed by atoms with Gasteiger partial charge in [0.15, 0.2) is 0 Å². The number of nitrogens with one attached hydrogen (secondary N) is 2. The molecule has 2 N–H and O–H groups in total. The van der Waals surface area contributed by atoms with Crippen LogP contribution < -0.4 is 10.6 Å². The Labute approximate surface area is 195 Å². The molecule has 0 saturated heterocycles. The fourth-order valence-electron chi connectivity index (χ4n) is 3.19. The van der Waals surface area contributed by atoms with Crippen LogP contribution in [0.2, 0.25) is 0 Å². The highest BCUT2D eigenvalue weighted by atomic mass is 32.2. The third-order valence-corrected chi connectivity index (χ3v) is 5.89. The average Bonchev–Trinajstić information content (AvgIpc) is 2.88. The van der Waals surface area contributed by atoms with Gasteiger partial charge >= 0.3 is 6.03 Å². The normalized spacial score (nSPS) is 11.4. The summed E-state index contributed by atoms with van der Waals surface area (Å²) in [5.41, 5.74) is 3.82. The van der Waals surface area contributed by atoms with Crippen LogP contribution in [0.25, 0.3) is 22.5 Å². The number of carbonyl (C=O) groups excluding carboxylic acids is 2. The average molecular weight is 456 g/mol. The maximum atomic E-state index is 12.9. The van der Waals surface area contributed by atoms with Gasteiger partial charge in [0.05, 0.1) is 0 Å². The van der Waals surface area contributed by atoms with Crippen molar-refractivity contribution in [3.8, 4) is 22.5 Å². The number of benzene rings is 3. The van der Waals surface area contributed by atoms with Crippen molar-refractivity contribution in [3.63, 3.8) is 0 Å². The van der Waals surface area contributed by atoms with Crippen molar-refractivity contribution in [1.82, 2.24) is 25.8 Å². The van der Waals surface area contributed by atoms with E-state index < -0.39 is 17.2 Å². The Morgan fingerprint density at radius 1 is 0.758 bits per heavy atom. The number of urea groups is 1. The molecule has 0 aliphatic heterocycles. The van der Waals surface area contributed by atoms with Gasteiger partial charge in [-0.15, -0.1) is 10.2 Å². The van der Waals surface area contributed by atoms with Gasteiger partial charge in [0, 0.05) is 18.2 Å². The van der Waals surface area contributed by atoms with Gasteiger partial charge in [-0.25, -0.2) is 9.78 Å². The Kier molecular flexibility index (Phi) is 7.06. The van der Waals surface area contributed by atoms with E-state index in [0.717, 1.165) is 28.5 Å². The van der Waals surface area contributed by atoms with Crippen LogP contribution in [0.3, 0.4) is 0 Å². The van der Waals surface area contributed by atoms with Gasteiger partial charge < -0.3 is 5.32 Å². The molecule has 4 aromatic rings. The first kappa shape index (κ1) is 22.2. The van der Waals surface area contributed by atoms with E-state index in [2.05, 4.69) is 20.8 Å². The van der Waals surface area contributed by atoms with Crippen LogP contribution in [0.4, 0.5) is 4.79 Å². The Balaban J connectivity index is 1.74. The quantitative estimate of drug-likeness (QED) is 0.416. The van der Waals surface area contributed by atoms with Crippen LogP contribution >= 0.6 is 11.8 Å². The summed E-state index contributed by atoms with van der Waals surface area (Å²) in [6.07, 6.45) is 0. The van der Waals surface area contributed by atoms with Crippen LogP contribution in [0.1, 0.15) is 10.8 Å². The molecule has 0 saturated carbocycles. The predicted molar refractivity (Wildman–Crippen MR) is 128 cm³/mol. The third-order valence-electron chi connectivity index (χ3n) is 4.79. The van der Waals surface area contributed by atoms with Gasteiger partial charge in [-0.2, -0.15) is 0 Å². The number of nitrogens with zero attached hydrogens (tertiary/aromatic N) is 3. The Morgan fingerprint density at radius 2 is 1.30 bits per heavy atom. The standard InChI is InChI=1S/C25H21N5O2S/c1-26-24(32)28-23(31)22(19-15-9-4-10-16-19)33-25-27-20(17-11-5-2-6-12-17)21(29-30-25)18-13-7-3-8-14-18/h2-16,22H,1H3,(H2,26,28,31,32)/t22-/m0/s1. The van der Waals surface area contributed by atoms with Gasteiger partial charge in [-0.1, -0.05) is 103 Å². The lowest BCUT2D eigenvalue weighted by atomic mass is 10.0. The molecule has 0 bridgehead atoms. The Hall–Kier alpha value is -4.04. The minimum absolute atomic E-state index is 0.328. The maximum absolute atomic E-state index is 12.9. The number of amides is 3. The van der Waals surface area contributed by atoms with E-state index in [1.54, 1.807) is 0 Å². The van der Waals surface area contributed by atoms with E-state index in [9.17, 15) is 9.59 Å². The van der Waals surface area contributed by atoms with Crippen molar-refractivity contribution < 1.29 is 9.59 Å². The van der Waals surface area contributed by atoms with Gasteiger partial charge in [0.1, 0.15) is 16.6 Å². The molecule has 8 heteroatoms. The molecule has 4 rings (SSSR count). The maximum Gasteiger partial charge on any atom is 0.321 e. The zero-order valence-electron chi connectivity index (χ0n) is 17.8. The number of imide groups is 1. The molecule has 0 spiro atoms. The number of hydrogen-bond donors (Lipinski definition) is 2. The fraction of sp³-hybridized carbons (Fsp3) is 0.0800. The lowest BCUT2D eigenvalue weighted by molar-refractivity contribution is -0.119. The van der Waals surface area contributed by atoms with E-state index in [-0.39, 0.29) is 0 Å². The highest BCUT2D eigenvalue weighted by molar-refractivity contribution is 8.00. The summed E-state index contributed by atoms with van der Waals surface area (Å²) >= 11 is 1.14. The van der Waals surface area contributed by atoms with Crippen molar-refractivity contribution >= 4 is 23.7 Å². The molecule has 164 valence electrons. The minimum Gasteiger partial charge on any atom is -0.341 e. The molecule has 1 atom stereocenters. The monoisotopic (exact) mass is 455 g/mol. The van der Waals surface area contributed by atoms with E-state index in [1.807, 2.05) is 91.0 Å². The first-order valence-corrected chi connectivity index (χ1v) is 11.1. The Morgan fingerprint density at radius 3 is 1.88 bits per heavy atom. The third kappa shape index (κ3) is 5.42. The van der Waals surface area contributed by atoms with Gasteiger partial charge in [0.2, 0.25) is 11.1 Å². The van der Waals surface area contributed by atoms with Crippen LogP contribution in [0.15, 0.2) is 96.2 Å². The largest absolute Gasteiger partial charge is 0.341 e. The molecule has 0 aliphatic rings. The summed E-state index contributed by atoms with van der Waals surface area (Å²) in [6.45, 7) is 0. The van der Waals surface area contributed by atoms with E-state index in [4.69, 9.17) is 4.98 Å². The second kappa shape index (κ2) is 10.5. The number of thioether (sulfide) groups is 1. The van der Waals surface area contributed by atoms with Crippen LogP contribution in [-0.4, -0.2) is 34.2 Å². The van der Waals surface area contributed by atoms with Crippen LogP contribution in [0, 0.1) is 0 Å². The second-order valence-corrected chi connectivity index (χ2v) is 8.07. The molecule has 1 heterocycles. The first-order valence-electron chi connectivity index (χ1n) is 10.3. The molecule has 3 amide bonds. The molecule has 0 radical (unpaired) electrons. The molecular formula is C25H21N5O2S. The number of aromatic nitrogens is 3. The lowest BCUT2D eigenvalue weighted by Gasteiger charge is -2.16. The molecular weight excluding hydrogens is 434 g/mol. The molecule has 1 aromatic heterocycles. The number of hydrogen-bond acceptors (Lipinski definition) is 6. The fourth-order valence-corrected chi connectivity index (χ4v) is 4.10. The number of rotatable bonds is 6. The molecule has 0 fully saturated rings. The van der Waals surface area contributed by atoms with Gasteiger partial charge in [-0.3, -0.25) is 10.1 Å². The van der Waals surface area contributed by atoms with Crippen LogP contribution in [-0.2, 0) is 4.79 Å². The smallest absolute Gasteiger partial charge is 0.321 e. The van der Waals surface area contributed by atoms with Gasteiger partial charge in [-0.05, 0) is 5.56 Å². The summed E-state index contributed by atoms with van der Waals surface area (Å²) in [5.74, 6) is -0.470. The zero-order chi connectivity index (χ0) is 23.0. The van der Waals surface area contributed by atoms with Crippen molar-refractivity contribution in [3.05, 3.63) is 96.6 Å². The summed E-state index contributed by atoms with van der Waals surface area (Å²) in [6, 6.07) is 28.0. The van der Waals surface area contributed by atoms with E-state index in [1.165, 1.54) is 7.05 Å². The molecule has 33 heavy (non-hydrogen) atoms. The summed E-state index contributed by atoms with van der Waals surface area (Å²) in [7, 11) is 1.45. The Bertz CT molecular complexity index is 1240. The first-order chi connectivity index (χ1) is 16.2. The minimum atomic E-state index is -0.739. The van der Waals surface area contributed by atoms with Crippen molar-refractivity contribution in [2.24, 2.45) is 0 Å². The summed E-state index contributed by atoms with van der Waals surface area (Å²) < 4.78 is 0. The van der Waals surface area contributed by atoms with E-state index >= 15 is 0 Å². The second-order valence-electron chi connectivity index (χ2n) is 7.00. The summed E-state index contributed by atoms with van der Waals surface area (Å²) in [4.78, 5) is 29.4. The molecule has 0 aliphatic carbocycles. The van der Waals surface area contributed by atoms with Crippen molar-refractivity contribution in [1.29, 1.82) is 0 Å². The molecule has 3 aromatic carbocycles.